The molecular weight excluding hydrogens is 404 g/mol. The van der Waals surface area contributed by atoms with Gasteiger partial charge in [-0.2, -0.15) is 0 Å². The van der Waals surface area contributed by atoms with E-state index in [1.807, 2.05) is 0 Å². The Morgan fingerprint density at radius 1 is 1.10 bits per heavy atom. The number of fused-ring (bicyclic) bond motifs is 3. The van der Waals surface area contributed by atoms with E-state index in [9.17, 15) is 34.8 Å². The van der Waals surface area contributed by atoms with Crippen LogP contribution in [0.15, 0.2) is 18.2 Å². The molecule has 0 heterocycles. The lowest BCUT2D eigenvalue weighted by atomic mass is 9.72. The average Bonchev–Trinajstić information content (AvgIpc) is 2.67. The highest BCUT2D eigenvalue weighted by molar-refractivity contribution is 6.31. The minimum Gasteiger partial charge on any atom is -0.507 e. The van der Waals surface area contributed by atoms with E-state index in [2.05, 4.69) is 0 Å². The Morgan fingerprint density at radius 2 is 1.74 bits per heavy atom. The smallest absolute Gasteiger partial charge is 0.202 e. The van der Waals surface area contributed by atoms with Crippen molar-refractivity contribution in [3.63, 3.8) is 0 Å². The third-order valence-corrected chi connectivity index (χ3v) is 5.89. The standard InChI is InChI=1S/C23H22O8/c1-9(2)31-14-6-4-5-11-16(14)22(29)18-17(19(11)26)20(27)12-7-23(30,10(3)24)8-13(25)15(12)21(18)28/h4-6,9,13,25,27-28,30H,7-8H2,1-3H3/t13-,23-/m0/s1. The highest BCUT2D eigenvalue weighted by atomic mass is 16.5. The molecule has 162 valence electrons. The van der Waals surface area contributed by atoms with E-state index in [-0.39, 0.29) is 34.1 Å². The summed E-state index contributed by atoms with van der Waals surface area (Å²) in [6.07, 6.45) is -2.64. The first-order chi connectivity index (χ1) is 14.5. The van der Waals surface area contributed by atoms with Crippen LogP contribution in [-0.2, 0) is 11.2 Å². The molecule has 2 aliphatic rings. The summed E-state index contributed by atoms with van der Waals surface area (Å²) < 4.78 is 5.67. The molecule has 8 heteroatoms. The first-order valence-corrected chi connectivity index (χ1v) is 9.89. The van der Waals surface area contributed by atoms with Crippen molar-refractivity contribution in [3.8, 4) is 17.2 Å². The summed E-state index contributed by atoms with van der Waals surface area (Å²) in [6.45, 7) is 4.66. The summed E-state index contributed by atoms with van der Waals surface area (Å²) in [7, 11) is 0. The average molecular weight is 426 g/mol. The van der Waals surface area contributed by atoms with E-state index in [4.69, 9.17) is 4.74 Å². The van der Waals surface area contributed by atoms with Crippen LogP contribution in [0.25, 0.3) is 0 Å². The predicted octanol–water partition coefficient (Wildman–Crippen LogP) is 1.96. The summed E-state index contributed by atoms with van der Waals surface area (Å²) in [5.74, 6) is -3.18. The molecule has 0 aromatic heterocycles. The highest BCUT2D eigenvalue weighted by Gasteiger charge is 2.47. The number of aliphatic hydroxyl groups excluding tert-OH is 1. The predicted molar refractivity (Wildman–Crippen MR) is 108 cm³/mol. The lowest BCUT2D eigenvalue weighted by Crippen LogP contribution is -2.44. The SMILES string of the molecule is CC(=O)[C@]1(O)Cc2c(O)c3c(c(O)c2[C@@H](O)C1)C(=O)c1c(OC(C)C)cccc1C3=O. The molecule has 0 unspecified atom stereocenters. The lowest BCUT2D eigenvalue weighted by molar-refractivity contribution is -0.139. The Morgan fingerprint density at radius 3 is 2.35 bits per heavy atom. The Kier molecular flexibility index (Phi) is 4.68. The Hall–Kier alpha value is -3.23. The van der Waals surface area contributed by atoms with Crippen molar-refractivity contribution >= 4 is 17.3 Å². The molecule has 0 fully saturated rings. The molecule has 31 heavy (non-hydrogen) atoms. The first kappa shape index (κ1) is 21.0. The second kappa shape index (κ2) is 6.90. The van der Waals surface area contributed by atoms with E-state index in [1.165, 1.54) is 12.1 Å². The van der Waals surface area contributed by atoms with Crippen LogP contribution in [0.1, 0.15) is 76.3 Å². The fourth-order valence-corrected chi connectivity index (χ4v) is 4.39. The van der Waals surface area contributed by atoms with Gasteiger partial charge < -0.3 is 25.2 Å². The van der Waals surface area contributed by atoms with Gasteiger partial charge in [-0.15, -0.1) is 0 Å². The van der Waals surface area contributed by atoms with Gasteiger partial charge in [-0.05, 0) is 26.8 Å². The molecule has 2 atom stereocenters. The molecule has 0 aliphatic heterocycles. The molecule has 0 amide bonds. The van der Waals surface area contributed by atoms with E-state index in [0.29, 0.717) is 0 Å². The Balaban J connectivity index is 1.99. The second-order valence-corrected chi connectivity index (χ2v) is 8.33. The third-order valence-electron chi connectivity index (χ3n) is 5.89. The fourth-order valence-electron chi connectivity index (χ4n) is 4.39. The Labute approximate surface area is 177 Å². The number of phenolic OH excluding ortho intramolecular Hbond substituents is 2. The molecule has 2 aliphatic carbocycles. The number of carbonyl (C=O) groups is 3. The van der Waals surface area contributed by atoms with Gasteiger partial charge in [0.1, 0.15) is 22.8 Å². The number of rotatable bonds is 3. The number of ketones is 3. The zero-order chi connectivity index (χ0) is 22.8. The maximum Gasteiger partial charge on any atom is 0.202 e. The number of phenols is 2. The molecule has 0 bridgehead atoms. The van der Waals surface area contributed by atoms with Gasteiger partial charge in [-0.1, -0.05) is 12.1 Å². The molecule has 0 saturated heterocycles. The van der Waals surface area contributed by atoms with Crippen molar-refractivity contribution in [2.75, 3.05) is 0 Å². The van der Waals surface area contributed by atoms with Crippen LogP contribution in [0, 0.1) is 0 Å². The van der Waals surface area contributed by atoms with Crippen LogP contribution in [0.2, 0.25) is 0 Å². The van der Waals surface area contributed by atoms with Gasteiger partial charge in [0.15, 0.2) is 11.6 Å². The first-order valence-electron chi connectivity index (χ1n) is 9.89. The zero-order valence-electron chi connectivity index (χ0n) is 17.2. The van der Waals surface area contributed by atoms with Crippen molar-refractivity contribution in [2.24, 2.45) is 0 Å². The number of aromatic hydroxyl groups is 2. The molecule has 8 nitrogen and oxygen atoms in total. The molecule has 2 aromatic rings. The topological polar surface area (TPSA) is 141 Å². The zero-order valence-corrected chi connectivity index (χ0v) is 17.2. The quantitative estimate of drug-likeness (QED) is 0.466. The minimum absolute atomic E-state index is 0.00323. The molecule has 0 saturated carbocycles. The largest absolute Gasteiger partial charge is 0.507 e. The lowest BCUT2D eigenvalue weighted by Gasteiger charge is -2.36. The van der Waals surface area contributed by atoms with Crippen LogP contribution in [0.3, 0.4) is 0 Å². The van der Waals surface area contributed by atoms with Crippen LogP contribution in [-0.4, -0.2) is 49.5 Å². The van der Waals surface area contributed by atoms with Gasteiger partial charge in [0, 0.05) is 29.5 Å². The normalized spacial score (nSPS) is 22.1. The van der Waals surface area contributed by atoms with Crippen LogP contribution in [0.5, 0.6) is 17.2 Å². The monoisotopic (exact) mass is 426 g/mol. The van der Waals surface area contributed by atoms with Crippen molar-refractivity contribution < 1.29 is 39.5 Å². The number of hydrogen-bond acceptors (Lipinski definition) is 8. The summed E-state index contributed by atoms with van der Waals surface area (Å²) in [5, 5.41) is 43.0. The van der Waals surface area contributed by atoms with Crippen molar-refractivity contribution in [1.82, 2.24) is 0 Å². The fraction of sp³-hybridized carbons (Fsp3) is 0.348. The minimum atomic E-state index is -1.97. The second-order valence-electron chi connectivity index (χ2n) is 8.33. The third kappa shape index (κ3) is 2.94. The highest BCUT2D eigenvalue weighted by Crippen LogP contribution is 2.51. The molecular formula is C23H22O8. The van der Waals surface area contributed by atoms with E-state index in [1.54, 1.807) is 19.9 Å². The summed E-state index contributed by atoms with van der Waals surface area (Å²) in [5.41, 5.74) is -3.16. The van der Waals surface area contributed by atoms with Crippen LogP contribution < -0.4 is 4.74 Å². The van der Waals surface area contributed by atoms with E-state index < -0.39 is 64.5 Å². The van der Waals surface area contributed by atoms with Crippen LogP contribution in [0.4, 0.5) is 0 Å². The number of hydrogen-bond donors (Lipinski definition) is 4. The van der Waals surface area contributed by atoms with Gasteiger partial charge in [-0.3, -0.25) is 14.4 Å². The van der Waals surface area contributed by atoms with Gasteiger partial charge in [-0.25, -0.2) is 0 Å². The van der Waals surface area contributed by atoms with E-state index >= 15 is 0 Å². The molecule has 4 rings (SSSR count). The van der Waals surface area contributed by atoms with Gasteiger partial charge >= 0.3 is 0 Å². The summed E-state index contributed by atoms with van der Waals surface area (Å²) in [6, 6.07) is 4.49. The van der Waals surface area contributed by atoms with Gasteiger partial charge in [0.05, 0.1) is 28.9 Å². The number of carbonyl (C=O) groups excluding carboxylic acids is 3. The molecule has 4 N–H and O–H groups in total. The summed E-state index contributed by atoms with van der Waals surface area (Å²) in [4.78, 5) is 38.6. The van der Waals surface area contributed by atoms with E-state index in [0.717, 1.165) is 6.92 Å². The maximum atomic E-state index is 13.4. The number of benzene rings is 2. The van der Waals surface area contributed by atoms with Crippen LogP contribution >= 0.6 is 0 Å². The van der Waals surface area contributed by atoms with Gasteiger partial charge in [0.25, 0.3) is 0 Å². The van der Waals surface area contributed by atoms with Crippen molar-refractivity contribution in [2.45, 2.75) is 51.4 Å². The maximum absolute atomic E-state index is 13.4. The molecule has 2 aromatic carbocycles. The van der Waals surface area contributed by atoms with Gasteiger partial charge in [0.2, 0.25) is 5.78 Å². The molecule has 0 spiro atoms. The number of aliphatic hydroxyl groups is 2. The Bertz CT molecular complexity index is 1160. The number of ether oxygens (including phenoxy) is 1. The summed E-state index contributed by atoms with van der Waals surface area (Å²) >= 11 is 0. The van der Waals surface area contributed by atoms with Crippen molar-refractivity contribution in [3.05, 3.63) is 51.6 Å². The molecule has 0 radical (unpaired) electrons. The number of Topliss-reactive ketones (excluding diaryl/α,β-unsaturated/α-hetero) is 1. The van der Waals surface area contributed by atoms with Crippen molar-refractivity contribution in [1.29, 1.82) is 0 Å².